The monoisotopic (exact) mass is 963 g/mol. The zero-order valence-electron chi connectivity index (χ0n) is 40.0. The van der Waals surface area contributed by atoms with Gasteiger partial charge >= 0.3 is 0 Å². The van der Waals surface area contributed by atoms with Crippen molar-refractivity contribution in [3.8, 4) is 33.2 Å². The summed E-state index contributed by atoms with van der Waals surface area (Å²) in [5.74, 6) is -0.738. The number of halogens is 1. The first-order valence-corrected chi connectivity index (χ1v) is 24.1. The maximum absolute atomic E-state index is 14.0. The van der Waals surface area contributed by atoms with Crippen LogP contribution in [0.2, 0.25) is 0 Å². The van der Waals surface area contributed by atoms with E-state index in [0.717, 1.165) is 55.0 Å². The Kier molecular flexibility index (Phi) is 16.9. The van der Waals surface area contributed by atoms with Gasteiger partial charge in [-0.1, -0.05) is 57.2 Å². The number of β-amino-alcohol motifs (C(OH)–C–C–N with tert-alkyl or cyclic N) is 1. The second-order valence-electron chi connectivity index (χ2n) is 18.4. The van der Waals surface area contributed by atoms with Gasteiger partial charge in [0.15, 0.2) is 0 Å². The van der Waals surface area contributed by atoms with Crippen LogP contribution in [0.5, 0.6) is 11.5 Å². The number of aliphatic hydroxyl groups is 1. The predicted octanol–water partition coefficient (Wildman–Crippen LogP) is 7.74. The number of aromatic hydroxyl groups is 1. The van der Waals surface area contributed by atoms with Crippen molar-refractivity contribution in [2.75, 3.05) is 52.8 Å². The van der Waals surface area contributed by atoms with E-state index in [0.29, 0.717) is 38.7 Å². The molecule has 6 aromatic rings. The van der Waals surface area contributed by atoms with E-state index in [1.807, 2.05) is 102 Å². The summed E-state index contributed by atoms with van der Waals surface area (Å²) in [6, 6.07) is 25.3. The van der Waals surface area contributed by atoms with E-state index in [1.165, 1.54) is 17.0 Å². The molecular weight excluding hydrogens is 902 g/mol. The SMILES string of the molecule is Cc1ncsc1-c1ccc(C(C)NC(=O)[C@@H]2C[C@@H](O)CN2C(=O)C(NC(=O)COCCOCCOCCOc2ccc(Cn3c(-c4ccc(F)cc4)c(C)c4cc(O)ccc43)cc2)C(C)(C)C)cc1. The van der Waals surface area contributed by atoms with Crippen molar-refractivity contribution in [1.29, 1.82) is 0 Å². The zero-order valence-corrected chi connectivity index (χ0v) is 40.8. The van der Waals surface area contributed by atoms with Gasteiger partial charge < -0.3 is 49.3 Å². The van der Waals surface area contributed by atoms with E-state index in [-0.39, 0.29) is 56.3 Å². The molecule has 2 aromatic heterocycles. The normalized spacial score (nSPS) is 15.9. The molecule has 4 aromatic carbocycles. The molecule has 366 valence electrons. The molecule has 4 N–H and O–H groups in total. The fourth-order valence-electron chi connectivity index (χ4n) is 8.57. The second kappa shape index (κ2) is 23.0. The average Bonchev–Trinajstić information content (AvgIpc) is 4.02. The number of aryl methyl sites for hydroxylation is 2. The minimum Gasteiger partial charge on any atom is -0.508 e. The number of amides is 3. The van der Waals surface area contributed by atoms with Crippen molar-refractivity contribution < 1.29 is 47.9 Å². The molecule has 0 aliphatic carbocycles. The van der Waals surface area contributed by atoms with Crippen LogP contribution < -0.4 is 15.4 Å². The van der Waals surface area contributed by atoms with Crippen LogP contribution in [0, 0.1) is 25.1 Å². The molecule has 16 heteroatoms. The van der Waals surface area contributed by atoms with Crippen LogP contribution in [0.15, 0.2) is 96.5 Å². The Hall–Kier alpha value is -6.17. The zero-order chi connectivity index (χ0) is 49.2. The summed E-state index contributed by atoms with van der Waals surface area (Å²) in [5, 5.41) is 27.6. The molecule has 0 radical (unpaired) electrons. The Labute approximate surface area is 406 Å². The summed E-state index contributed by atoms with van der Waals surface area (Å²) < 4.78 is 38.7. The van der Waals surface area contributed by atoms with Crippen LogP contribution in [0.3, 0.4) is 0 Å². The standard InChI is InChI=1S/C53H62FN5O9S/c1-33-44-27-41(60)17-20-45(44)58(48(33)38-13-15-40(54)16-14-38)29-36-7-18-43(19-8-36)68-26-25-66-22-21-65-23-24-67-31-47(62)57-50(53(4,5)6)52(64)59-30-42(61)28-46(59)51(63)56-34(2)37-9-11-39(12-10-37)49-35(3)55-32-69-49/h7-20,27,32,34,42,46,50,60-61H,21-26,28-31H2,1-6H3,(H,56,63)(H,57,62)/t34?,42-,46+,50?/m1/s1. The van der Waals surface area contributed by atoms with E-state index in [9.17, 15) is 29.0 Å². The highest BCUT2D eigenvalue weighted by atomic mass is 32.1. The fourth-order valence-corrected chi connectivity index (χ4v) is 9.38. The molecule has 14 nitrogen and oxygen atoms in total. The Bertz CT molecular complexity index is 2680. The van der Waals surface area contributed by atoms with E-state index < -0.39 is 35.4 Å². The molecule has 0 bridgehead atoms. The van der Waals surface area contributed by atoms with E-state index in [2.05, 4.69) is 20.2 Å². The van der Waals surface area contributed by atoms with E-state index >= 15 is 0 Å². The van der Waals surface area contributed by atoms with Gasteiger partial charge in [-0.05, 0) is 109 Å². The molecule has 2 unspecified atom stereocenters. The number of hydrogen-bond acceptors (Lipinski definition) is 11. The summed E-state index contributed by atoms with van der Waals surface area (Å²) in [7, 11) is 0. The first-order chi connectivity index (χ1) is 33.1. The Morgan fingerprint density at radius 1 is 0.855 bits per heavy atom. The molecule has 0 spiro atoms. The summed E-state index contributed by atoms with van der Waals surface area (Å²) >= 11 is 1.57. The number of phenols is 1. The maximum Gasteiger partial charge on any atom is 0.246 e. The lowest BCUT2D eigenvalue weighted by Gasteiger charge is -2.35. The molecule has 69 heavy (non-hydrogen) atoms. The Balaban J connectivity index is 0.785. The van der Waals surface area contributed by atoms with Gasteiger partial charge in [0, 0.05) is 30.4 Å². The smallest absolute Gasteiger partial charge is 0.246 e. The predicted molar refractivity (Wildman–Crippen MR) is 264 cm³/mol. The number of nitrogens with one attached hydrogen (secondary N) is 2. The summed E-state index contributed by atoms with van der Waals surface area (Å²) in [5.41, 5.74) is 8.85. The van der Waals surface area contributed by atoms with Gasteiger partial charge in [0.25, 0.3) is 0 Å². The number of likely N-dealkylation sites (tertiary alicyclic amines) is 1. The number of hydrogen-bond donors (Lipinski definition) is 4. The van der Waals surface area contributed by atoms with Gasteiger partial charge in [-0.2, -0.15) is 0 Å². The summed E-state index contributed by atoms with van der Waals surface area (Å²) in [6.45, 7) is 13.3. The number of benzene rings is 4. The lowest BCUT2D eigenvalue weighted by molar-refractivity contribution is -0.144. The van der Waals surface area contributed by atoms with Crippen molar-refractivity contribution in [3.05, 3.63) is 125 Å². The number of carbonyl (C=O) groups is 3. The van der Waals surface area contributed by atoms with Gasteiger partial charge in [0.05, 0.1) is 67.0 Å². The molecule has 4 atom stereocenters. The minimum absolute atomic E-state index is 0.0270. The lowest BCUT2D eigenvalue weighted by Crippen LogP contribution is -2.58. The van der Waals surface area contributed by atoms with Gasteiger partial charge in [0.2, 0.25) is 17.7 Å². The first-order valence-electron chi connectivity index (χ1n) is 23.2. The third-order valence-electron chi connectivity index (χ3n) is 12.2. The van der Waals surface area contributed by atoms with Gasteiger partial charge in [-0.25, -0.2) is 9.37 Å². The molecule has 1 aliphatic heterocycles. The number of aliphatic hydroxyl groups excluding tert-OH is 1. The number of carbonyl (C=O) groups excluding carboxylic acids is 3. The van der Waals surface area contributed by atoms with Crippen LogP contribution in [0.4, 0.5) is 4.39 Å². The van der Waals surface area contributed by atoms with E-state index in [4.69, 9.17) is 18.9 Å². The third kappa shape index (κ3) is 12.9. The minimum atomic E-state index is -0.979. The third-order valence-corrected chi connectivity index (χ3v) is 13.2. The second-order valence-corrected chi connectivity index (χ2v) is 19.3. The number of phenolic OH excluding ortho intramolecular Hbond substituents is 1. The summed E-state index contributed by atoms with van der Waals surface area (Å²) in [4.78, 5) is 47.5. The molecule has 0 saturated carbocycles. The topological polar surface area (TPSA) is 174 Å². The van der Waals surface area contributed by atoms with Crippen LogP contribution in [0.1, 0.15) is 62.5 Å². The highest BCUT2D eigenvalue weighted by molar-refractivity contribution is 7.13. The van der Waals surface area contributed by atoms with Crippen LogP contribution in [-0.4, -0.2) is 113 Å². The van der Waals surface area contributed by atoms with Crippen LogP contribution in [0.25, 0.3) is 32.6 Å². The highest BCUT2D eigenvalue weighted by Crippen LogP contribution is 2.36. The van der Waals surface area contributed by atoms with Crippen molar-refractivity contribution in [2.45, 2.75) is 78.7 Å². The van der Waals surface area contributed by atoms with Crippen LogP contribution >= 0.6 is 11.3 Å². The molecule has 1 fully saturated rings. The number of ether oxygens (including phenoxy) is 4. The number of aromatic nitrogens is 2. The highest BCUT2D eigenvalue weighted by Gasteiger charge is 2.44. The quantitative estimate of drug-likeness (QED) is 0.0523. The molecular formula is C53H62FN5O9S. The molecule has 1 aliphatic rings. The molecule has 7 rings (SSSR count). The van der Waals surface area contributed by atoms with E-state index in [1.54, 1.807) is 35.6 Å². The Morgan fingerprint density at radius 3 is 2.16 bits per heavy atom. The average molecular weight is 964 g/mol. The molecule has 3 heterocycles. The largest absolute Gasteiger partial charge is 0.508 e. The number of fused-ring (bicyclic) bond motifs is 1. The van der Waals surface area contributed by atoms with Gasteiger partial charge in [-0.15, -0.1) is 11.3 Å². The lowest BCUT2D eigenvalue weighted by atomic mass is 9.85. The fraction of sp³-hybridized carbons (Fsp3) is 0.396. The number of rotatable bonds is 21. The van der Waals surface area contributed by atoms with Crippen molar-refractivity contribution >= 4 is 40.0 Å². The number of nitrogens with zero attached hydrogens (tertiary/aromatic N) is 3. The van der Waals surface area contributed by atoms with Crippen molar-refractivity contribution in [2.24, 2.45) is 5.41 Å². The van der Waals surface area contributed by atoms with Gasteiger partial charge in [-0.3, -0.25) is 14.4 Å². The maximum atomic E-state index is 14.0. The summed E-state index contributed by atoms with van der Waals surface area (Å²) in [6.07, 6.45) is -0.800. The first kappa shape index (κ1) is 50.7. The van der Waals surface area contributed by atoms with Gasteiger partial charge in [0.1, 0.15) is 42.6 Å². The number of thiazole rings is 1. The van der Waals surface area contributed by atoms with Crippen molar-refractivity contribution in [1.82, 2.24) is 25.1 Å². The Morgan fingerprint density at radius 2 is 1.51 bits per heavy atom. The molecule has 3 amide bonds. The van der Waals surface area contributed by atoms with Crippen molar-refractivity contribution in [3.63, 3.8) is 0 Å². The molecule has 1 saturated heterocycles. The van der Waals surface area contributed by atoms with Crippen LogP contribution in [-0.2, 0) is 35.1 Å².